The summed E-state index contributed by atoms with van der Waals surface area (Å²) in [6.07, 6.45) is 20.8. The SMILES string of the molecule is CCCCCCCCCCCCCCCC=C(Cc1ccccc1)C(=O)O. The molecular formula is C25H40O2. The van der Waals surface area contributed by atoms with E-state index in [2.05, 4.69) is 6.92 Å². The van der Waals surface area contributed by atoms with Gasteiger partial charge in [0, 0.05) is 12.0 Å². The zero-order valence-electron chi connectivity index (χ0n) is 17.4. The Balaban J connectivity index is 2.00. The highest BCUT2D eigenvalue weighted by Gasteiger charge is 2.07. The van der Waals surface area contributed by atoms with Gasteiger partial charge >= 0.3 is 5.97 Å². The Morgan fingerprint density at radius 2 is 1.26 bits per heavy atom. The summed E-state index contributed by atoms with van der Waals surface area (Å²) < 4.78 is 0. The first-order valence-corrected chi connectivity index (χ1v) is 11.2. The Hall–Kier alpha value is -1.57. The predicted octanol–water partition coefficient (Wildman–Crippen LogP) is 7.72. The fourth-order valence-electron chi connectivity index (χ4n) is 3.49. The van der Waals surface area contributed by atoms with E-state index in [1.807, 2.05) is 36.4 Å². The van der Waals surface area contributed by atoms with Crippen molar-refractivity contribution in [2.45, 2.75) is 103 Å². The van der Waals surface area contributed by atoms with E-state index in [1.165, 1.54) is 77.0 Å². The van der Waals surface area contributed by atoms with Gasteiger partial charge in [0.05, 0.1) is 0 Å². The smallest absolute Gasteiger partial charge is 0.331 e. The molecule has 0 fully saturated rings. The molecule has 0 aliphatic carbocycles. The predicted molar refractivity (Wildman–Crippen MR) is 116 cm³/mol. The van der Waals surface area contributed by atoms with Crippen LogP contribution in [0.3, 0.4) is 0 Å². The Morgan fingerprint density at radius 3 is 1.74 bits per heavy atom. The molecule has 0 atom stereocenters. The van der Waals surface area contributed by atoms with Crippen molar-refractivity contribution in [2.24, 2.45) is 0 Å². The van der Waals surface area contributed by atoms with Crippen LogP contribution in [0.25, 0.3) is 0 Å². The number of carbonyl (C=O) groups is 1. The lowest BCUT2D eigenvalue weighted by Gasteiger charge is -2.04. The molecule has 0 bridgehead atoms. The number of benzene rings is 1. The van der Waals surface area contributed by atoms with E-state index >= 15 is 0 Å². The third-order valence-corrected chi connectivity index (χ3v) is 5.21. The highest BCUT2D eigenvalue weighted by Crippen LogP contribution is 2.14. The van der Waals surface area contributed by atoms with E-state index in [4.69, 9.17) is 0 Å². The fraction of sp³-hybridized carbons (Fsp3) is 0.640. The molecule has 2 nitrogen and oxygen atoms in total. The summed E-state index contributed by atoms with van der Waals surface area (Å²) in [6, 6.07) is 9.85. The number of aliphatic carboxylic acids is 1. The summed E-state index contributed by atoms with van der Waals surface area (Å²) in [5.41, 5.74) is 1.59. The molecule has 0 spiro atoms. The molecule has 0 radical (unpaired) electrons. The topological polar surface area (TPSA) is 37.3 Å². The average Bonchev–Trinajstić information content (AvgIpc) is 2.68. The molecule has 0 aliphatic heterocycles. The van der Waals surface area contributed by atoms with Crippen molar-refractivity contribution in [3.05, 3.63) is 47.5 Å². The van der Waals surface area contributed by atoms with Gasteiger partial charge in [-0.05, 0) is 18.4 Å². The summed E-state index contributed by atoms with van der Waals surface area (Å²) >= 11 is 0. The highest BCUT2D eigenvalue weighted by atomic mass is 16.4. The van der Waals surface area contributed by atoms with Gasteiger partial charge in [-0.25, -0.2) is 4.79 Å². The van der Waals surface area contributed by atoms with E-state index in [-0.39, 0.29) is 0 Å². The number of hydrogen-bond donors (Lipinski definition) is 1. The van der Waals surface area contributed by atoms with Crippen LogP contribution < -0.4 is 0 Å². The van der Waals surface area contributed by atoms with Crippen molar-refractivity contribution >= 4 is 5.97 Å². The molecule has 0 saturated carbocycles. The summed E-state index contributed by atoms with van der Waals surface area (Å²) in [5.74, 6) is -0.784. The lowest BCUT2D eigenvalue weighted by Crippen LogP contribution is -2.04. The molecule has 0 aromatic heterocycles. The van der Waals surface area contributed by atoms with Crippen molar-refractivity contribution < 1.29 is 9.90 Å². The fourth-order valence-corrected chi connectivity index (χ4v) is 3.49. The Bertz CT molecular complexity index is 504. The Labute approximate surface area is 167 Å². The molecule has 1 N–H and O–H groups in total. The molecule has 1 rings (SSSR count). The number of allylic oxidation sites excluding steroid dienone is 1. The number of carboxylic acids is 1. The van der Waals surface area contributed by atoms with Crippen LogP contribution in [0, 0.1) is 0 Å². The van der Waals surface area contributed by atoms with Crippen LogP contribution in [0.4, 0.5) is 0 Å². The number of rotatable bonds is 17. The van der Waals surface area contributed by atoms with Crippen LogP contribution in [0.15, 0.2) is 42.0 Å². The molecular weight excluding hydrogens is 332 g/mol. The van der Waals surface area contributed by atoms with Crippen molar-refractivity contribution in [1.29, 1.82) is 0 Å². The van der Waals surface area contributed by atoms with E-state index < -0.39 is 5.97 Å². The molecule has 0 heterocycles. The second-order valence-electron chi connectivity index (χ2n) is 7.73. The zero-order valence-corrected chi connectivity index (χ0v) is 17.4. The molecule has 0 saturated heterocycles. The monoisotopic (exact) mass is 372 g/mol. The second-order valence-corrected chi connectivity index (χ2v) is 7.73. The third kappa shape index (κ3) is 13.3. The minimum Gasteiger partial charge on any atom is -0.478 e. The second kappa shape index (κ2) is 16.6. The number of carboxylic acid groups (broad SMARTS) is 1. The summed E-state index contributed by atoms with van der Waals surface area (Å²) in [5, 5.41) is 9.37. The van der Waals surface area contributed by atoms with Gasteiger partial charge in [-0.3, -0.25) is 0 Å². The standard InChI is InChI=1S/C25H40O2/c1-2-3-4-5-6-7-8-9-10-11-12-13-14-18-21-24(25(26)27)22-23-19-16-15-17-20-23/h15-17,19-21H,2-14,18,22H2,1H3,(H,26,27). The maximum atomic E-state index is 11.4. The molecule has 27 heavy (non-hydrogen) atoms. The van der Waals surface area contributed by atoms with Crippen LogP contribution in [0.1, 0.15) is 102 Å². The number of unbranched alkanes of at least 4 members (excludes halogenated alkanes) is 13. The van der Waals surface area contributed by atoms with Crippen LogP contribution in [-0.2, 0) is 11.2 Å². The Morgan fingerprint density at radius 1 is 0.778 bits per heavy atom. The van der Waals surface area contributed by atoms with Crippen LogP contribution in [0.5, 0.6) is 0 Å². The van der Waals surface area contributed by atoms with Gasteiger partial charge in [-0.1, -0.05) is 120 Å². The molecule has 0 amide bonds. The molecule has 1 aromatic carbocycles. The minimum absolute atomic E-state index is 0.522. The number of hydrogen-bond acceptors (Lipinski definition) is 1. The zero-order chi connectivity index (χ0) is 19.6. The van der Waals surface area contributed by atoms with Crippen molar-refractivity contribution in [1.82, 2.24) is 0 Å². The van der Waals surface area contributed by atoms with E-state index in [1.54, 1.807) is 0 Å². The molecule has 1 aromatic rings. The highest BCUT2D eigenvalue weighted by molar-refractivity contribution is 5.87. The van der Waals surface area contributed by atoms with Crippen molar-refractivity contribution in [3.8, 4) is 0 Å². The summed E-state index contributed by atoms with van der Waals surface area (Å²) in [4.78, 5) is 11.4. The van der Waals surface area contributed by atoms with Gasteiger partial charge in [0.2, 0.25) is 0 Å². The van der Waals surface area contributed by atoms with Gasteiger partial charge in [-0.2, -0.15) is 0 Å². The molecule has 2 heteroatoms. The largest absolute Gasteiger partial charge is 0.478 e. The third-order valence-electron chi connectivity index (χ3n) is 5.21. The summed E-state index contributed by atoms with van der Waals surface area (Å²) in [7, 11) is 0. The van der Waals surface area contributed by atoms with Gasteiger partial charge in [0.15, 0.2) is 0 Å². The normalized spacial score (nSPS) is 11.7. The van der Waals surface area contributed by atoms with E-state index in [0.717, 1.165) is 18.4 Å². The minimum atomic E-state index is -0.784. The maximum Gasteiger partial charge on any atom is 0.331 e. The first kappa shape index (κ1) is 23.5. The molecule has 0 aliphatic rings. The summed E-state index contributed by atoms with van der Waals surface area (Å²) in [6.45, 7) is 2.27. The van der Waals surface area contributed by atoms with Crippen molar-refractivity contribution in [2.75, 3.05) is 0 Å². The van der Waals surface area contributed by atoms with Gasteiger partial charge in [-0.15, -0.1) is 0 Å². The van der Waals surface area contributed by atoms with Crippen LogP contribution in [0.2, 0.25) is 0 Å². The average molecular weight is 373 g/mol. The maximum absolute atomic E-state index is 11.4. The quantitative estimate of drug-likeness (QED) is 0.224. The molecule has 152 valence electrons. The lowest BCUT2D eigenvalue weighted by atomic mass is 10.0. The van der Waals surface area contributed by atoms with Gasteiger partial charge in [0.25, 0.3) is 0 Å². The van der Waals surface area contributed by atoms with E-state index in [9.17, 15) is 9.90 Å². The van der Waals surface area contributed by atoms with Crippen molar-refractivity contribution in [3.63, 3.8) is 0 Å². The van der Waals surface area contributed by atoms with Crippen LogP contribution in [-0.4, -0.2) is 11.1 Å². The first-order valence-electron chi connectivity index (χ1n) is 11.2. The van der Waals surface area contributed by atoms with Crippen LogP contribution >= 0.6 is 0 Å². The lowest BCUT2D eigenvalue weighted by molar-refractivity contribution is -0.132. The Kier molecular flexibility index (Phi) is 14.4. The molecule has 0 unspecified atom stereocenters. The van der Waals surface area contributed by atoms with Gasteiger partial charge in [0.1, 0.15) is 0 Å². The van der Waals surface area contributed by atoms with E-state index in [0.29, 0.717) is 12.0 Å². The van der Waals surface area contributed by atoms with Gasteiger partial charge < -0.3 is 5.11 Å². The first-order chi connectivity index (χ1) is 13.2.